The Kier molecular flexibility index (Phi) is 2.63. The van der Waals surface area contributed by atoms with Crippen molar-refractivity contribution in [1.82, 2.24) is 4.37 Å². The molecule has 3 aromatic rings. The molecule has 0 aliphatic carbocycles. The van der Waals surface area contributed by atoms with E-state index in [0.29, 0.717) is 6.54 Å². The lowest BCUT2D eigenvalue weighted by Gasteiger charge is -2.04. The van der Waals surface area contributed by atoms with E-state index in [0.717, 1.165) is 16.8 Å². The Hall–Kier alpha value is -1.71. The van der Waals surface area contributed by atoms with Crippen LogP contribution in [0, 0.1) is 0 Å². The van der Waals surface area contributed by atoms with Gasteiger partial charge in [-0.05, 0) is 23.2 Å². The van der Waals surface area contributed by atoms with Crippen LogP contribution in [0.5, 0.6) is 0 Å². The van der Waals surface area contributed by atoms with Crippen molar-refractivity contribution < 1.29 is 0 Å². The van der Waals surface area contributed by atoms with Crippen molar-refractivity contribution in [3.8, 4) is 11.3 Å². The summed E-state index contributed by atoms with van der Waals surface area (Å²) in [7, 11) is 0. The number of nitrogens with zero attached hydrogens (tertiary/aromatic N) is 1. The molecule has 0 bridgehead atoms. The first-order chi connectivity index (χ1) is 8.40. The molecule has 17 heavy (non-hydrogen) atoms. The van der Waals surface area contributed by atoms with Crippen LogP contribution in [0.15, 0.2) is 48.5 Å². The van der Waals surface area contributed by atoms with Gasteiger partial charge in [0.1, 0.15) is 0 Å². The molecule has 0 amide bonds. The van der Waals surface area contributed by atoms with Crippen LogP contribution in [0.4, 0.5) is 0 Å². The summed E-state index contributed by atoms with van der Waals surface area (Å²) in [5.41, 5.74) is 9.11. The van der Waals surface area contributed by atoms with Crippen LogP contribution in [-0.4, -0.2) is 4.37 Å². The first kappa shape index (κ1) is 10.4. The minimum absolute atomic E-state index is 0.544. The highest BCUT2D eigenvalue weighted by Gasteiger charge is 2.10. The SMILES string of the molecule is NCc1ccccc1-c1nsc2ccccc12. The van der Waals surface area contributed by atoms with E-state index in [2.05, 4.69) is 28.6 Å². The largest absolute Gasteiger partial charge is 0.326 e. The average molecular weight is 240 g/mol. The molecule has 1 aromatic heterocycles. The molecule has 0 atom stereocenters. The maximum absolute atomic E-state index is 5.78. The van der Waals surface area contributed by atoms with Gasteiger partial charge in [0.15, 0.2) is 0 Å². The van der Waals surface area contributed by atoms with Gasteiger partial charge in [-0.15, -0.1) is 0 Å². The molecule has 0 radical (unpaired) electrons. The lowest BCUT2D eigenvalue weighted by Crippen LogP contribution is -1.98. The fourth-order valence-corrected chi connectivity index (χ4v) is 2.80. The lowest BCUT2D eigenvalue weighted by molar-refractivity contribution is 1.07. The Morgan fingerprint density at radius 3 is 2.65 bits per heavy atom. The number of hydrogen-bond donors (Lipinski definition) is 1. The van der Waals surface area contributed by atoms with Gasteiger partial charge < -0.3 is 5.73 Å². The third-order valence-electron chi connectivity index (χ3n) is 2.87. The smallest absolute Gasteiger partial charge is 0.0922 e. The van der Waals surface area contributed by atoms with Gasteiger partial charge in [0, 0.05) is 17.5 Å². The van der Waals surface area contributed by atoms with Crippen molar-refractivity contribution in [1.29, 1.82) is 0 Å². The zero-order valence-electron chi connectivity index (χ0n) is 9.26. The summed E-state index contributed by atoms with van der Waals surface area (Å²) in [6, 6.07) is 16.5. The second-order valence-corrected chi connectivity index (χ2v) is 4.69. The highest BCUT2D eigenvalue weighted by molar-refractivity contribution is 7.13. The molecule has 3 heteroatoms. The minimum Gasteiger partial charge on any atom is -0.326 e. The van der Waals surface area contributed by atoms with Gasteiger partial charge in [-0.2, -0.15) is 4.37 Å². The summed E-state index contributed by atoms with van der Waals surface area (Å²) in [5.74, 6) is 0. The molecule has 0 aliphatic heterocycles. The normalized spacial score (nSPS) is 10.9. The summed E-state index contributed by atoms with van der Waals surface area (Å²) in [6.07, 6.45) is 0. The van der Waals surface area contributed by atoms with E-state index in [1.165, 1.54) is 21.6 Å². The number of fused-ring (bicyclic) bond motifs is 1. The van der Waals surface area contributed by atoms with Crippen molar-refractivity contribution in [2.45, 2.75) is 6.54 Å². The monoisotopic (exact) mass is 240 g/mol. The molecule has 0 saturated heterocycles. The van der Waals surface area contributed by atoms with Gasteiger partial charge >= 0.3 is 0 Å². The Morgan fingerprint density at radius 1 is 1.00 bits per heavy atom. The molecule has 1 heterocycles. The maximum Gasteiger partial charge on any atom is 0.0922 e. The number of nitrogens with two attached hydrogens (primary N) is 1. The second kappa shape index (κ2) is 4.28. The fourth-order valence-electron chi connectivity index (χ4n) is 2.01. The Morgan fingerprint density at radius 2 is 1.76 bits per heavy atom. The number of rotatable bonds is 2. The van der Waals surface area contributed by atoms with Crippen molar-refractivity contribution >= 4 is 21.6 Å². The van der Waals surface area contributed by atoms with E-state index >= 15 is 0 Å². The van der Waals surface area contributed by atoms with Gasteiger partial charge in [-0.3, -0.25) is 0 Å². The van der Waals surface area contributed by atoms with Crippen molar-refractivity contribution in [3.63, 3.8) is 0 Å². The predicted molar refractivity (Wildman–Crippen MR) is 72.9 cm³/mol. The molecule has 0 unspecified atom stereocenters. The summed E-state index contributed by atoms with van der Waals surface area (Å²) < 4.78 is 5.78. The zero-order valence-corrected chi connectivity index (χ0v) is 10.1. The number of hydrogen-bond acceptors (Lipinski definition) is 3. The quantitative estimate of drug-likeness (QED) is 0.745. The van der Waals surface area contributed by atoms with E-state index in [9.17, 15) is 0 Å². The van der Waals surface area contributed by atoms with Crippen LogP contribution >= 0.6 is 11.5 Å². The fraction of sp³-hybridized carbons (Fsp3) is 0.0714. The van der Waals surface area contributed by atoms with Crippen LogP contribution in [-0.2, 0) is 6.54 Å². The average Bonchev–Trinajstić information content (AvgIpc) is 2.82. The van der Waals surface area contributed by atoms with Gasteiger partial charge in [0.25, 0.3) is 0 Å². The molecule has 0 fully saturated rings. The third-order valence-corrected chi connectivity index (χ3v) is 3.70. The molecular weight excluding hydrogens is 228 g/mol. The molecule has 0 aliphatic rings. The Labute approximate surface area is 104 Å². The molecule has 0 spiro atoms. The van der Waals surface area contributed by atoms with Crippen molar-refractivity contribution in [3.05, 3.63) is 54.1 Å². The zero-order chi connectivity index (χ0) is 11.7. The van der Waals surface area contributed by atoms with Gasteiger partial charge in [-0.25, -0.2) is 0 Å². The van der Waals surface area contributed by atoms with E-state index in [-0.39, 0.29) is 0 Å². The van der Waals surface area contributed by atoms with Crippen LogP contribution < -0.4 is 5.73 Å². The standard InChI is InChI=1S/C14H12N2S/c15-9-10-5-1-2-6-11(10)14-12-7-3-4-8-13(12)17-16-14/h1-8H,9,15H2. The first-order valence-corrected chi connectivity index (χ1v) is 6.30. The van der Waals surface area contributed by atoms with Crippen LogP contribution in [0.2, 0.25) is 0 Å². The molecule has 3 rings (SSSR count). The number of benzene rings is 2. The van der Waals surface area contributed by atoms with Crippen LogP contribution in [0.1, 0.15) is 5.56 Å². The Balaban J connectivity index is 2.27. The van der Waals surface area contributed by atoms with E-state index in [1.807, 2.05) is 24.3 Å². The van der Waals surface area contributed by atoms with Gasteiger partial charge in [-0.1, -0.05) is 42.5 Å². The van der Waals surface area contributed by atoms with Crippen LogP contribution in [0.25, 0.3) is 21.3 Å². The van der Waals surface area contributed by atoms with E-state index in [1.54, 1.807) is 0 Å². The second-order valence-electron chi connectivity index (χ2n) is 3.89. The summed E-state index contributed by atoms with van der Waals surface area (Å²) in [5, 5.41) is 1.21. The highest BCUT2D eigenvalue weighted by Crippen LogP contribution is 2.32. The summed E-state index contributed by atoms with van der Waals surface area (Å²) in [4.78, 5) is 0. The topological polar surface area (TPSA) is 38.9 Å². The van der Waals surface area contributed by atoms with Gasteiger partial charge in [0.2, 0.25) is 0 Å². The van der Waals surface area contributed by atoms with Crippen molar-refractivity contribution in [2.24, 2.45) is 5.73 Å². The number of aromatic nitrogens is 1. The maximum atomic E-state index is 5.78. The Bertz CT molecular complexity index is 658. The molecule has 0 saturated carbocycles. The molecule has 2 aromatic carbocycles. The van der Waals surface area contributed by atoms with Gasteiger partial charge in [0.05, 0.1) is 10.4 Å². The predicted octanol–water partition coefficient (Wildman–Crippen LogP) is 3.42. The molecule has 2 N–H and O–H groups in total. The first-order valence-electron chi connectivity index (χ1n) is 5.53. The molecule has 2 nitrogen and oxygen atoms in total. The minimum atomic E-state index is 0.544. The molecule has 84 valence electrons. The van der Waals surface area contributed by atoms with Crippen LogP contribution in [0.3, 0.4) is 0 Å². The van der Waals surface area contributed by atoms with Crippen molar-refractivity contribution in [2.75, 3.05) is 0 Å². The summed E-state index contributed by atoms with van der Waals surface area (Å²) >= 11 is 1.54. The van der Waals surface area contributed by atoms with E-state index < -0.39 is 0 Å². The highest BCUT2D eigenvalue weighted by atomic mass is 32.1. The summed E-state index contributed by atoms with van der Waals surface area (Å²) in [6.45, 7) is 0.544. The van der Waals surface area contributed by atoms with E-state index in [4.69, 9.17) is 5.73 Å². The third kappa shape index (κ3) is 1.73. The molecular formula is C14H12N2S. The lowest BCUT2D eigenvalue weighted by atomic mass is 10.0.